The van der Waals surface area contributed by atoms with Crippen molar-refractivity contribution in [1.82, 2.24) is 5.32 Å². The molecule has 88 valence electrons. The van der Waals surface area contributed by atoms with Crippen LogP contribution in [0.1, 0.15) is 20.3 Å². The van der Waals surface area contributed by atoms with Crippen LogP contribution in [-0.2, 0) is 0 Å². The second kappa shape index (κ2) is 5.35. The summed E-state index contributed by atoms with van der Waals surface area (Å²) < 4.78 is 0. The standard InChI is InChI=1S/C14H22N2/c1-3-16(14-7-5-4-6-8-14)11-13-9-10-15-12(13)2/h4-8,12-13,15H,3,9-11H2,1-2H3. The maximum absolute atomic E-state index is 3.52. The third kappa shape index (κ3) is 2.56. The highest BCUT2D eigenvalue weighted by atomic mass is 15.1. The predicted octanol–water partition coefficient (Wildman–Crippen LogP) is 2.51. The Kier molecular flexibility index (Phi) is 3.83. The van der Waals surface area contributed by atoms with Crippen LogP contribution in [-0.4, -0.2) is 25.7 Å². The molecule has 0 aromatic heterocycles. The average molecular weight is 218 g/mol. The summed E-state index contributed by atoms with van der Waals surface area (Å²) >= 11 is 0. The largest absolute Gasteiger partial charge is 0.371 e. The van der Waals surface area contributed by atoms with Crippen LogP contribution in [0.3, 0.4) is 0 Å². The molecule has 2 atom stereocenters. The Balaban J connectivity index is 2.00. The number of para-hydroxylation sites is 1. The van der Waals surface area contributed by atoms with Gasteiger partial charge in [-0.15, -0.1) is 0 Å². The lowest BCUT2D eigenvalue weighted by atomic mass is 10.0. The molecule has 0 radical (unpaired) electrons. The molecule has 2 rings (SSSR count). The van der Waals surface area contributed by atoms with E-state index in [9.17, 15) is 0 Å². The molecule has 0 aliphatic carbocycles. The van der Waals surface area contributed by atoms with Gasteiger partial charge in [-0.05, 0) is 44.9 Å². The smallest absolute Gasteiger partial charge is 0.0366 e. The maximum atomic E-state index is 3.52. The molecule has 0 saturated carbocycles. The average Bonchev–Trinajstić information content (AvgIpc) is 2.73. The minimum Gasteiger partial charge on any atom is -0.371 e. The topological polar surface area (TPSA) is 15.3 Å². The summed E-state index contributed by atoms with van der Waals surface area (Å²) in [5, 5.41) is 3.52. The summed E-state index contributed by atoms with van der Waals surface area (Å²) in [7, 11) is 0. The Morgan fingerprint density at radius 1 is 1.31 bits per heavy atom. The maximum Gasteiger partial charge on any atom is 0.0366 e. The molecule has 1 fully saturated rings. The van der Waals surface area contributed by atoms with E-state index < -0.39 is 0 Å². The zero-order valence-corrected chi connectivity index (χ0v) is 10.3. The Labute approximate surface area is 98.7 Å². The molecule has 2 unspecified atom stereocenters. The van der Waals surface area contributed by atoms with Crippen molar-refractivity contribution >= 4 is 5.69 Å². The molecule has 1 aromatic carbocycles. The number of rotatable bonds is 4. The van der Waals surface area contributed by atoms with Crippen molar-refractivity contribution in [3.63, 3.8) is 0 Å². The fourth-order valence-corrected chi connectivity index (χ4v) is 2.50. The summed E-state index contributed by atoms with van der Waals surface area (Å²) in [6.07, 6.45) is 1.31. The van der Waals surface area contributed by atoms with Gasteiger partial charge < -0.3 is 10.2 Å². The first-order valence-corrected chi connectivity index (χ1v) is 6.34. The van der Waals surface area contributed by atoms with Gasteiger partial charge in [0.25, 0.3) is 0 Å². The van der Waals surface area contributed by atoms with E-state index in [0.29, 0.717) is 6.04 Å². The van der Waals surface area contributed by atoms with Crippen LogP contribution >= 0.6 is 0 Å². The van der Waals surface area contributed by atoms with E-state index in [1.807, 2.05) is 0 Å². The van der Waals surface area contributed by atoms with E-state index in [4.69, 9.17) is 0 Å². The lowest BCUT2D eigenvalue weighted by Crippen LogP contribution is -2.34. The minimum absolute atomic E-state index is 0.665. The van der Waals surface area contributed by atoms with Crippen molar-refractivity contribution in [2.24, 2.45) is 5.92 Å². The summed E-state index contributed by atoms with van der Waals surface area (Å²) in [6, 6.07) is 11.4. The second-order valence-electron chi connectivity index (χ2n) is 4.67. The number of hydrogen-bond donors (Lipinski definition) is 1. The molecule has 1 aliphatic heterocycles. The van der Waals surface area contributed by atoms with Gasteiger partial charge in [0.2, 0.25) is 0 Å². The first-order valence-electron chi connectivity index (χ1n) is 6.34. The summed E-state index contributed by atoms with van der Waals surface area (Å²) in [5.41, 5.74) is 1.35. The van der Waals surface area contributed by atoms with E-state index in [2.05, 4.69) is 54.4 Å². The Bertz CT molecular complexity index is 310. The first kappa shape index (κ1) is 11.5. The number of hydrogen-bond acceptors (Lipinski definition) is 2. The van der Waals surface area contributed by atoms with Crippen molar-refractivity contribution < 1.29 is 0 Å². The second-order valence-corrected chi connectivity index (χ2v) is 4.67. The van der Waals surface area contributed by atoms with Gasteiger partial charge in [-0.3, -0.25) is 0 Å². The van der Waals surface area contributed by atoms with Crippen LogP contribution in [0.15, 0.2) is 30.3 Å². The fraction of sp³-hybridized carbons (Fsp3) is 0.571. The Morgan fingerprint density at radius 3 is 2.62 bits per heavy atom. The van der Waals surface area contributed by atoms with Gasteiger partial charge in [-0.2, -0.15) is 0 Å². The summed E-state index contributed by atoms with van der Waals surface area (Å²) in [4.78, 5) is 2.48. The highest BCUT2D eigenvalue weighted by Crippen LogP contribution is 2.20. The fourth-order valence-electron chi connectivity index (χ4n) is 2.50. The molecule has 1 aliphatic rings. The van der Waals surface area contributed by atoms with E-state index in [1.54, 1.807) is 0 Å². The van der Waals surface area contributed by atoms with Crippen molar-refractivity contribution in [2.75, 3.05) is 24.5 Å². The van der Waals surface area contributed by atoms with Crippen LogP contribution in [0.2, 0.25) is 0 Å². The zero-order chi connectivity index (χ0) is 11.4. The number of nitrogens with one attached hydrogen (secondary N) is 1. The van der Waals surface area contributed by atoms with Crippen LogP contribution in [0.25, 0.3) is 0 Å². The summed E-state index contributed by atoms with van der Waals surface area (Å²) in [6.45, 7) is 7.98. The third-order valence-electron chi connectivity index (χ3n) is 3.65. The van der Waals surface area contributed by atoms with Gasteiger partial charge in [0.05, 0.1) is 0 Å². The predicted molar refractivity (Wildman–Crippen MR) is 69.9 cm³/mol. The molecule has 0 spiro atoms. The van der Waals surface area contributed by atoms with Gasteiger partial charge in [0.15, 0.2) is 0 Å². The Hall–Kier alpha value is -1.02. The van der Waals surface area contributed by atoms with Crippen LogP contribution in [0, 0.1) is 5.92 Å². The van der Waals surface area contributed by atoms with Crippen LogP contribution in [0.5, 0.6) is 0 Å². The minimum atomic E-state index is 0.665. The molecule has 1 N–H and O–H groups in total. The van der Waals surface area contributed by atoms with Gasteiger partial charge in [-0.25, -0.2) is 0 Å². The van der Waals surface area contributed by atoms with Gasteiger partial charge >= 0.3 is 0 Å². The number of anilines is 1. The van der Waals surface area contributed by atoms with Crippen molar-refractivity contribution in [2.45, 2.75) is 26.3 Å². The highest BCUT2D eigenvalue weighted by molar-refractivity contribution is 5.45. The van der Waals surface area contributed by atoms with E-state index in [-0.39, 0.29) is 0 Å². The van der Waals surface area contributed by atoms with E-state index in [0.717, 1.165) is 12.5 Å². The molecule has 1 saturated heterocycles. The third-order valence-corrected chi connectivity index (χ3v) is 3.65. The first-order chi connectivity index (χ1) is 7.81. The normalized spacial score (nSPS) is 24.6. The number of nitrogens with zero attached hydrogens (tertiary/aromatic N) is 1. The molecule has 1 heterocycles. The van der Waals surface area contributed by atoms with Crippen LogP contribution < -0.4 is 10.2 Å². The zero-order valence-electron chi connectivity index (χ0n) is 10.3. The molecule has 1 aromatic rings. The lowest BCUT2D eigenvalue weighted by Gasteiger charge is -2.28. The van der Waals surface area contributed by atoms with Crippen molar-refractivity contribution in [3.05, 3.63) is 30.3 Å². The number of benzene rings is 1. The quantitative estimate of drug-likeness (QED) is 0.835. The van der Waals surface area contributed by atoms with Gasteiger partial charge in [-0.1, -0.05) is 18.2 Å². The molecular formula is C14H22N2. The van der Waals surface area contributed by atoms with Crippen LogP contribution in [0.4, 0.5) is 5.69 Å². The van der Waals surface area contributed by atoms with Crippen molar-refractivity contribution in [3.8, 4) is 0 Å². The molecule has 0 bridgehead atoms. The molecule has 16 heavy (non-hydrogen) atoms. The molecule has 2 heteroatoms. The van der Waals surface area contributed by atoms with Crippen molar-refractivity contribution in [1.29, 1.82) is 0 Å². The molecular weight excluding hydrogens is 196 g/mol. The Morgan fingerprint density at radius 2 is 2.06 bits per heavy atom. The SMILES string of the molecule is CCN(CC1CCNC1C)c1ccccc1. The monoisotopic (exact) mass is 218 g/mol. The molecule has 0 amide bonds. The molecule has 2 nitrogen and oxygen atoms in total. The highest BCUT2D eigenvalue weighted by Gasteiger charge is 2.24. The summed E-state index contributed by atoms with van der Waals surface area (Å²) in [5.74, 6) is 0.792. The van der Waals surface area contributed by atoms with Gasteiger partial charge in [0.1, 0.15) is 0 Å². The lowest BCUT2D eigenvalue weighted by molar-refractivity contribution is 0.471. The van der Waals surface area contributed by atoms with E-state index in [1.165, 1.54) is 25.2 Å². The van der Waals surface area contributed by atoms with E-state index >= 15 is 0 Å². The van der Waals surface area contributed by atoms with Gasteiger partial charge in [0, 0.05) is 24.8 Å².